The molecule has 148 valence electrons. The monoisotopic (exact) mass is 403 g/mol. The zero-order valence-corrected chi connectivity index (χ0v) is 17.2. The van der Waals surface area contributed by atoms with Crippen molar-refractivity contribution in [3.8, 4) is 5.75 Å². The minimum Gasteiger partial charge on any atom is -1.00 e. The zero-order chi connectivity index (χ0) is 19.2. The summed E-state index contributed by atoms with van der Waals surface area (Å²) in [5.74, 6) is 1.88. The second-order valence-corrected chi connectivity index (χ2v) is 6.78. The molecule has 0 radical (unpaired) electrons. The highest BCUT2D eigenvalue weighted by Crippen LogP contribution is 2.21. The first-order chi connectivity index (χ1) is 13.8. The van der Waals surface area contributed by atoms with Crippen molar-refractivity contribution in [1.82, 2.24) is 9.55 Å². The van der Waals surface area contributed by atoms with Crippen LogP contribution in [0.3, 0.4) is 0 Å². The lowest BCUT2D eigenvalue weighted by atomic mass is 10.2. The van der Waals surface area contributed by atoms with Crippen LogP contribution in [0.4, 0.5) is 0 Å². The summed E-state index contributed by atoms with van der Waals surface area (Å²) in [6.45, 7) is 3.63. The van der Waals surface area contributed by atoms with Crippen LogP contribution in [-0.4, -0.2) is 16.2 Å². The van der Waals surface area contributed by atoms with E-state index in [1.165, 1.54) is 11.1 Å². The van der Waals surface area contributed by atoms with Gasteiger partial charge in [0.15, 0.2) is 0 Å². The first-order valence-corrected chi connectivity index (χ1v) is 9.73. The molecule has 0 spiro atoms. The second kappa shape index (κ2) is 9.94. The van der Waals surface area contributed by atoms with E-state index in [1.807, 2.05) is 36.4 Å². The third-order valence-electron chi connectivity index (χ3n) is 4.65. The third-order valence-corrected chi connectivity index (χ3v) is 4.65. The van der Waals surface area contributed by atoms with E-state index in [0.717, 1.165) is 42.2 Å². The predicted octanol–water partition coefficient (Wildman–Crippen LogP) is 3.05. The number of imidazole rings is 1. The van der Waals surface area contributed by atoms with Gasteiger partial charge in [0, 0.05) is 6.54 Å². The van der Waals surface area contributed by atoms with Gasteiger partial charge in [0.1, 0.15) is 11.6 Å². The number of benzene rings is 3. The van der Waals surface area contributed by atoms with E-state index in [9.17, 15) is 0 Å². The lowest BCUT2D eigenvalue weighted by Crippen LogP contribution is -3.00. The number of hydrogen-bond donors (Lipinski definition) is 0. The van der Waals surface area contributed by atoms with Crippen molar-refractivity contribution in [3.05, 3.63) is 95.8 Å². The second-order valence-electron chi connectivity index (χ2n) is 6.78. The van der Waals surface area contributed by atoms with E-state index in [4.69, 9.17) is 9.72 Å². The van der Waals surface area contributed by atoms with E-state index in [-0.39, 0.29) is 12.4 Å². The summed E-state index contributed by atoms with van der Waals surface area (Å²) in [6.07, 6.45) is 5.22. The van der Waals surface area contributed by atoms with Gasteiger partial charge in [-0.3, -0.25) is 0 Å². The molecule has 0 bridgehead atoms. The number of hydrogen-bond acceptors (Lipinski definition) is 2. The Morgan fingerprint density at radius 1 is 0.862 bits per heavy atom. The summed E-state index contributed by atoms with van der Waals surface area (Å²) in [6, 6.07) is 26.9. The summed E-state index contributed by atoms with van der Waals surface area (Å²) in [7, 11) is 0. The number of aromatic nitrogens is 2. The minimum atomic E-state index is 0. The molecule has 0 N–H and O–H groups in total. The molecule has 4 rings (SSSR count). The fourth-order valence-corrected chi connectivity index (χ4v) is 3.22. The fourth-order valence-electron chi connectivity index (χ4n) is 3.22. The molecule has 0 unspecified atom stereocenters. The standard InChI is InChI=1S/C25H24N2O.ClH/c1-2-18-28-22-15-12-21(13-16-22)19-27-24-11-7-6-10-23(24)26-25(27)17-14-20-8-4-3-5-9-20;/h3-17H,2,18-19H2,1H3;1H/p-1/b17-14+;. The van der Waals surface area contributed by atoms with Gasteiger partial charge in [-0.1, -0.05) is 67.6 Å². The molecule has 4 aromatic rings. The normalized spacial score (nSPS) is 10.9. The van der Waals surface area contributed by atoms with Crippen molar-refractivity contribution in [1.29, 1.82) is 0 Å². The summed E-state index contributed by atoms with van der Waals surface area (Å²) >= 11 is 0. The first kappa shape index (κ1) is 20.7. The van der Waals surface area contributed by atoms with E-state index >= 15 is 0 Å². The highest BCUT2D eigenvalue weighted by atomic mass is 35.5. The van der Waals surface area contributed by atoms with Crippen LogP contribution in [0.25, 0.3) is 23.2 Å². The van der Waals surface area contributed by atoms with Crippen LogP contribution in [-0.2, 0) is 6.54 Å². The number of nitrogens with zero attached hydrogens (tertiary/aromatic N) is 2. The molecule has 0 amide bonds. The van der Waals surface area contributed by atoms with Crippen molar-refractivity contribution in [2.75, 3.05) is 6.61 Å². The molecule has 0 aliphatic carbocycles. The van der Waals surface area contributed by atoms with E-state index in [0.29, 0.717) is 0 Å². The van der Waals surface area contributed by atoms with Crippen molar-refractivity contribution < 1.29 is 17.1 Å². The topological polar surface area (TPSA) is 27.1 Å². The molecule has 29 heavy (non-hydrogen) atoms. The third kappa shape index (κ3) is 5.07. The van der Waals surface area contributed by atoms with Gasteiger partial charge < -0.3 is 21.7 Å². The van der Waals surface area contributed by atoms with Gasteiger partial charge in [-0.05, 0) is 47.9 Å². The van der Waals surface area contributed by atoms with Gasteiger partial charge in [-0.25, -0.2) is 4.98 Å². The molecule has 3 nitrogen and oxygen atoms in total. The van der Waals surface area contributed by atoms with Crippen molar-refractivity contribution in [2.24, 2.45) is 0 Å². The van der Waals surface area contributed by atoms with Crippen LogP contribution in [0.2, 0.25) is 0 Å². The summed E-state index contributed by atoms with van der Waals surface area (Å²) in [5, 5.41) is 0. The number of ether oxygens (including phenoxy) is 1. The van der Waals surface area contributed by atoms with Crippen molar-refractivity contribution >= 4 is 23.2 Å². The van der Waals surface area contributed by atoms with Crippen LogP contribution in [0.5, 0.6) is 5.75 Å². The molecule has 0 saturated heterocycles. The number of halogens is 1. The van der Waals surface area contributed by atoms with Crippen LogP contribution >= 0.6 is 0 Å². The molecular formula is C25H24ClN2O-. The maximum atomic E-state index is 5.70. The summed E-state index contributed by atoms with van der Waals surface area (Å²) in [4.78, 5) is 4.83. The van der Waals surface area contributed by atoms with E-state index in [1.54, 1.807) is 0 Å². The Hall–Kier alpha value is -3.04. The Labute approximate surface area is 178 Å². The van der Waals surface area contributed by atoms with Crippen LogP contribution < -0.4 is 17.1 Å². The molecule has 0 aliphatic rings. The molecule has 0 saturated carbocycles. The predicted molar refractivity (Wildman–Crippen MR) is 116 cm³/mol. The Kier molecular flexibility index (Phi) is 7.09. The number of fused-ring (bicyclic) bond motifs is 1. The zero-order valence-electron chi connectivity index (χ0n) is 16.5. The molecule has 1 aromatic heterocycles. The average Bonchev–Trinajstić information content (AvgIpc) is 3.10. The smallest absolute Gasteiger partial charge is 0.134 e. The highest BCUT2D eigenvalue weighted by molar-refractivity contribution is 5.80. The Balaban J connectivity index is 0.00000240. The van der Waals surface area contributed by atoms with Crippen molar-refractivity contribution in [3.63, 3.8) is 0 Å². The molecule has 0 aliphatic heterocycles. The first-order valence-electron chi connectivity index (χ1n) is 9.73. The summed E-state index contributed by atoms with van der Waals surface area (Å²) in [5.41, 5.74) is 4.54. The maximum absolute atomic E-state index is 5.70. The van der Waals surface area contributed by atoms with Gasteiger partial charge in [0.05, 0.1) is 17.6 Å². The Bertz CT molecular complexity index is 1070. The van der Waals surface area contributed by atoms with Crippen LogP contribution in [0.15, 0.2) is 78.9 Å². The maximum Gasteiger partial charge on any atom is 0.134 e. The lowest BCUT2D eigenvalue weighted by Gasteiger charge is -2.09. The quantitative estimate of drug-likeness (QED) is 0.474. The molecule has 0 atom stereocenters. The van der Waals surface area contributed by atoms with E-state index < -0.39 is 0 Å². The molecular weight excluding hydrogens is 380 g/mol. The van der Waals surface area contributed by atoms with Crippen LogP contribution in [0.1, 0.15) is 30.3 Å². The van der Waals surface area contributed by atoms with Crippen molar-refractivity contribution in [2.45, 2.75) is 19.9 Å². The van der Waals surface area contributed by atoms with Gasteiger partial charge in [-0.2, -0.15) is 0 Å². The largest absolute Gasteiger partial charge is 1.00 e. The number of para-hydroxylation sites is 2. The Morgan fingerprint density at radius 2 is 1.59 bits per heavy atom. The highest BCUT2D eigenvalue weighted by Gasteiger charge is 2.09. The van der Waals surface area contributed by atoms with Gasteiger partial charge >= 0.3 is 0 Å². The lowest BCUT2D eigenvalue weighted by molar-refractivity contribution is -0.00000604. The van der Waals surface area contributed by atoms with Gasteiger partial charge in [0.2, 0.25) is 0 Å². The summed E-state index contributed by atoms with van der Waals surface area (Å²) < 4.78 is 7.96. The molecule has 4 heteroatoms. The molecule has 1 heterocycles. The van der Waals surface area contributed by atoms with Gasteiger partial charge in [-0.15, -0.1) is 0 Å². The molecule has 0 fully saturated rings. The average molecular weight is 404 g/mol. The molecule has 3 aromatic carbocycles. The van der Waals surface area contributed by atoms with Gasteiger partial charge in [0.25, 0.3) is 0 Å². The van der Waals surface area contributed by atoms with E-state index in [2.05, 4.69) is 66.1 Å². The SMILES string of the molecule is CCCOc1ccc(Cn2c(/C=C/c3ccccc3)nc3ccccc32)cc1.[Cl-]. The minimum absolute atomic E-state index is 0. The van der Waals surface area contributed by atoms with Crippen LogP contribution in [0, 0.1) is 0 Å². The Morgan fingerprint density at radius 3 is 2.34 bits per heavy atom. The number of rotatable bonds is 7. The fraction of sp³-hybridized carbons (Fsp3) is 0.160.